The number of rotatable bonds is 4. The van der Waals surface area contributed by atoms with Crippen molar-refractivity contribution in [2.45, 2.75) is 12.4 Å². The zero-order chi connectivity index (χ0) is 21.2. The molecule has 0 atom stereocenters. The average molecular weight is 413 g/mol. The first-order chi connectivity index (χ1) is 13.5. The standard InChI is InChI=1S/C19H13F6N3O/c1-28(14-6-2-4-12(8-14)18(20,21)22)16-10-17(27-11-26-16)29-15-7-3-5-13(9-15)19(23,24)25/h2-11H,1H3. The van der Waals surface area contributed by atoms with Crippen LogP contribution in [0.4, 0.5) is 37.8 Å². The molecule has 0 unspecified atom stereocenters. The van der Waals surface area contributed by atoms with Gasteiger partial charge in [0.25, 0.3) is 0 Å². The molecule has 0 spiro atoms. The Bertz CT molecular complexity index is 1000. The molecule has 0 amide bonds. The van der Waals surface area contributed by atoms with Gasteiger partial charge in [0.2, 0.25) is 5.88 Å². The molecular weight excluding hydrogens is 400 g/mol. The SMILES string of the molecule is CN(c1cccc(C(F)(F)F)c1)c1cc(Oc2cccc(C(F)(F)F)c2)ncn1. The second-order valence-electron chi connectivity index (χ2n) is 5.95. The normalized spacial score (nSPS) is 12.0. The molecule has 4 nitrogen and oxygen atoms in total. The fourth-order valence-electron chi connectivity index (χ4n) is 2.45. The van der Waals surface area contributed by atoms with Gasteiger partial charge in [-0.2, -0.15) is 26.3 Å². The molecule has 29 heavy (non-hydrogen) atoms. The molecule has 0 bridgehead atoms. The third-order valence-corrected chi connectivity index (χ3v) is 3.92. The Hall–Kier alpha value is -3.30. The van der Waals surface area contributed by atoms with Crippen LogP contribution in [0.15, 0.2) is 60.9 Å². The zero-order valence-electron chi connectivity index (χ0n) is 14.8. The summed E-state index contributed by atoms with van der Waals surface area (Å²) in [5.41, 5.74) is -1.50. The van der Waals surface area contributed by atoms with Crippen LogP contribution in [0.3, 0.4) is 0 Å². The molecule has 1 aromatic heterocycles. The van der Waals surface area contributed by atoms with Crippen molar-refractivity contribution in [3.8, 4) is 11.6 Å². The van der Waals surface area contributed by atoms with Crippen molar-refractivity contribution in [2.24, 2.45) is 0 Å². The van der Waals surface area contributed by atoms with Gasteiger partial charge in [-0.3, -0.25) is 0 Å². The van der Waals surface area contributed by atoms with E-state index in [0.29, 0.717) is 0 Å². The number of benzene rings is 2. The lowest BCUT2D eigenvalue weighted by molar-refractivity contribution is -0.138. The molecule has 0 aliphatic carbocycles. The van der Waals surface area contributed by atoms with Gasteiger partial charge in [0.05, 0.1) is 11.1 Å². The number of anilines is 2. The fraction of sp³-hybridized carbons (Fsp3) is 0.158. The van der Waals surface area contributed by atoms with Crippen molar-refractivity contribution < 1.29 is 31.1 Å². The van der Waals surface area contributed by atoms with E-state index in [1.165, 1.54) is 42.3 Å². The second kappa shape index (κ2) is 7.61. The zero-order valence-corrected chi connectivity index (χ0v) is 14.8. The monoisotopic (exact) mass is 413 g/mol. The molecular formula is C19H13F6N3O. The van der Waals surface area contributed by atoms with E-state index in [4.69, 9.17) is 4.74 Å². The third-order valence-electron chi connectivity index (χ3n) is 3.92. The number of hydrogen-bond donors (Lipinski definition) is 0. The Morgan fingerprint density at radius 1 is 0.793 bits per heavy atom. The summed E-state index contributed by atoms with van der Waals surface area (Å²) in [4.78, 5) is 9.19. The Kier molecular flexibility index (Phi) is 5.36. The van der Waals surface area contributed by atoms with Gasteiger partial charge in [0.15, 0.2) is 0 Å². The minimum absolute atomic E-state index is 0.0619. The highest BCUT2D eigenvalue weighted by Gasteiger charge is 2.31. The molecule has 0 radical (unpaired) electrons. The highest BCUT2D eigenvalue weighted by Crippen LogP contribution is 2.34. The Labute approximate surface area is 161 Å². The van der Waals surface area contributed by atoms with E-state index < -0.39 is 23.5 Å². The van der Waals surface area contributed by atoms with E-state index >= 15 is 0 Å². The molecule has 3 aromatic rings. The van der Waals surface area contributed by atoms with Crippen LogP contribution < -0.4 is 9.64 Å². The first kappa shape index (κ1) is 20.4. The predicted octanol–water partition coefficient (Wildman–Crippen LogP) is 6.07. The van der Waals surface area contributed by atoms with Gasteiger partial charge in [-0.1, -0.05) is 12.1 Å². The van der Waals surface area contributed by atoms with Crippen LogP contribution in [0.25, 0.3) is 0 Å². The lowest BCUT2D eigenvalue weighted by atomic mass is 10.2. The number of nitrogens with zero attached hydrogens (tertiary/aromatic N) is 3. The lowest BCUT2D eigenvalue weighted by Crippen LogP contribution is -2.13. The summed E-state index contributed by atoms with van der Waals surface area (Å²) in [5, 5.41) is 0. The summed E-state index contributed by atoms with van der Waals surface area (Å²) in [7, 11) is 1.49. The topological polar surface area (TPSA) is 38.2 Å². The summed E-state index contributed by atoms with van der Waals surface area (Å²) < 4.78 is 82.5. The highest BCUT2D eigenvalue weighted by molar-refractivity contribution is 5.60. The second-order valence-corrected chi connectivity index (χ2v) is 5.95. The number of ether oxygens (including phenoxy) is 1. The number of halogens is 6. The van der Waals surface area contributed by atoms with Crippen molar-refractivity contribution >= 4 is 11.5 Å². The van der Waals surface area contributed by atoms with Crippen molar-refractivity contribution in [1.82, 2.24) is 9.97 Å². The van der Waals surface area contributed by atoms with E-state index in [1.54, 1.807) is 0 Å². The number of aromatic nitrogens is 2. The van der Waals surface area contributed by atoms with Crippen molar-refractivity contribution in [3.05, 3.63) is 72.1 Å². The predicted molar refractivity (Wildman–Crippen MR) is 93.1 cm³/mol. The van der Waals surface area contributed by atoms with Crippen LogP contribution in [0, 0.1) is 0 Å². The van der Waals surface area contributed by atoms with Gasteiger partial charge >= 0.3 is 12.4 Å². The molecule has 0 N–H and O–H groups in total. The largest absolute Gasteiger partial charge is 0.439 e. The Balaban J connectivity index is 1.85. The van der Waals surface area contributed by atoms with E-state index in [1.807, 2.05) is 0 Å². The smallest absolute Gasteiger partial charge is 0.416 e. The molecule has 152 valence electrons. The van der Waals surface area contributed by atoms with Gasteiger partial charge in [0.1, 0.15) is 17.9 Å². The quantitative estimate of drug-likeness (QED) is 0.487. The van der Waals surface area contributed by atoms with Gasteiger partial charge < -0.3 is 9.64 Å². The third kappa shape index (κ3) is 4.95. The molecule has 10 heteroatoms. The first-order valence-electron chi connectivity index (χ1n) is 8.12. The average Bonchev–Trinajstić information content (AvgIpc) is 2.67. The molecule has 0 fully saturated rings. The number of alkyl halides is 6. The summed E-state index contributed by atoms with van der Waals surface area (Å²) in [5.74, 6) is 0.0423. The van der Waals surface area contributed by atoms with Gasteiger partial charge in [0, 0.05) is 18.8 Å². The van der Waals surface area contributed by atoms with E-state index in [2.05, 4.69) is 9.97 Å². The summed E-state index contributed by atoms with van der Waals surface area (Å²) >= 11 is 0. The molecule has 0 aliphatic heterocycles. The van der Waals surface area contributed by atoms with Crippen LogP contribution in [-0.4, -0.2) is 17.0 Å². The van der Waals surface area contributed by atoms with Gasteiger partial charge in [-0.05, 0) is 36.4 Å². The van der Waals surface area contributed by atoms with Crippen molar-refractivity contribution in [1.29, 1.82) is 0 Å². The molecule has 1 heterocycles. The van der Waals surface area contributed by atoms with Gasteiger partial charge in [-0.15, -0.1) is 0 Å². The minimum atomic E-state index is -4.53. The van der Waals surface area contributed by atoms with Crippen molar-refractivity contribution in [2.75, 3.05) is 11.9 Å². The lowest BCUT2D eigenvalue weighted by Gasteiger charge is -2.20. The maximum absolute atomic E-state index is 12.9. The minimum Gasteiger partial charge on any atom is -0.439 e. The first-order valence-corrected chi connectivity index (χ1v) is 8.12. The van der Waals surface area contributed by atoms with Crippen LogP contribution in [0.1, 0.15) is 11.1 Å². The molecule has 2 aromatic carbocycles. The van der Waals surface area contributed by atoms with Gasteiger partial charge in [-0.25, -0.2) is 9.97 Å². The van der Waals surface area contributed by atoms with Crippen LogP contribution in [0.2, 0.25) is 0 Å². The number of hydrogen-bond acceptors (Lipinski definition) is 4. The molecule has 0 aliphatic rings. The summed E-state index contributed by atoms with van der Waals surface area (Å²) in [6, 6.07) is 10.2. The van der Waals surface area contributed by atoms with E-state index in [0.717, 1.165) is 30.6 Å². The molecule has 0 saturated heterocycles. The van der Waals surface area contributed by atoms with Crippen LogP contribution in [-0.2, 0) is 12.4 Å². The van der Waals surface area contributed by atoms with Crippen molar-refractivity contribution in [3.63, 3.8) is 0 Å². The van der Waals surface area contributed by atoms with E-state index in [9.17, 15) is 26.3 Å². The van der Waals surface area contributed by atoms with Crippen LogP contribution >= 0.6 is 0 Å². The fourth-order valence-corrected chi connectivity index (χ4v) is 2.45. The summed E-state index contributed by atoms with van der Waals surface area (Å²) in [6.07, 6.45) is -7.93. The molecule has 0 saturated carbocycles. The maximum atomic E-state index is 12.9. The van der Waals surface area contributed by atoms with E-state index in [-0.39, 0.29) is 23.1 Å². The van der Waals surface area contributed by atoms with Crippen LogP contribution in [0.5, 0.6) is 11.6 Å². The Morgan fingerprint density at radius 2 is 1.41 bits per heavy atom. The summed E-state index contributed by atoms with van der Waals surface area (Å²) in [6.45, 7) is 0. The maximum Gasteiger partial charge on any atom is 0.416 e. The Morgan fingerprint density at radius 3 is 2.07 bits per heavy atom. The highest BCUT2D eigenvalue weighted by atomic mass is 19.4. The molecule has 3 rings (SSSR count).